The highest BCUT2D eigenvalue weighted by Crippen LogP contribution is 2.24. The Labute approximate surface area is 156 Å². The van der Waals surface area contributed by atoms with Crippen LogP contribution < -0.4 is 14.8 Å². The number of nitrogens with one attached hydrogen (secondary N) is 1. The second-order valence-corrected chi connectivity index (χ2v) is 6.85. The minimum Gasteiger partial charge on any atom is -0.492 e. The van der Waals surface area contributed by atoms with Crippen molar-refractivity contribution in [3.8, 4) is 11.5 Å². The van der Waals surface area contributed by atoms with Gasteiger partial charge in [-0.05, 0) is 87.6 Å². The van der Waals surface area contributed by atoms with Crippen molar-refractivity contribution >= 4 is 5.91 Å². The summed E-state index contributed by atoms with van der Waals surface area (Å²) in [6.07, 6.45) is -0.559. The van der Waals surface area contributed by atoms with Gasteiger partial charge in [0.2, 0.25) is 0 Å². The minimum absolute atomic E-state index is 0.146. The average Bonchev–Trinajstić information content (AvgIpc) is 2.58. The Kier molecular flexibility index (Phi) is 6.67. The maximum Gasteiger partial charge on any atom is 0.260 e. The number of hydrogen-bond acceptors (Lipinski definition) is 3. The van der Waals surface area contributed by atoms with Crippen LogP contribution >= 0.6 is 0 Å². The van der Waals surface area contributed by atoms with Gasteiger partial charge in [0.1, 0.15) is 18.1 Å². The Hall–Kier alpha value is -2.49. The van der Waals surface area contributed by atoms with E-state index in [2.05, 4.69) is 25.2 Å². The highest BCUT2D eigenvalue weighted by molar-refractivity contribution is 5.80. The Morgan fingerprint density at radius 1 is 1.00 bits per heavy atom. The molecule has 0 fully saturated rings. The fraction of sp³-hybridized carbons (Fsp3) is 0.409. The molecule has 0 unspecified atom stereocenters. The number of carbonyl (C=O) groups is 1. The molecule has 0 saturated carbocycles. The maximum absolute atomic E-state index is 12.2. The van der Waals surface area contributed by atoms with Crippen LogP contribution in [0.25, 0.3) is 0 Å². The smallest absolute Gasteiger partial charge is 0.260 e. The highest BCUT2D eigenvalue weighted by atomic mass is 16.5. The molecule has 0 aliphatic heterocycles. The average molecular weight is 355 g/mol. The number of hydrogen-bond donors (Lipinski definition) is 1. The summed E-state index contributed by atoms with van der Waals surface area (Å²) in [4.78, 5) is 12.2. The summed E-state index contributed by atoms with van der Waals surface area (Å²) in [5.74, 6) is 1.43. The van der Waals surface area contributed by atoms with E-state index < -0.39 is 6.10 Å². The van der Waals surface area contributed by atoms with Gasteiger partial charge in [-0.1, -0.05) is 12.1 Å². The lowest BCUT2D eigenvalue weighted by molar-refractivity contribution is -0.127. The molecule has 0 heterocycles. The van der Waals surface area contributed by atoms with E-state index in [4.69, 9.17) is 9.47 Å². The standard InChI is InChI=1S/C22H29NO3/c1-14-11-17(4)18(5)21(12-14)26-19(6)22(24)23-9-10-25-20-8-7-15(2)16(3)13-20/h7-8,11-13,19H,9-10H2,1-6H3,(H,23,24)/t19-/m1/s1. The van der Waals surface area contributed by atoms with Crippen LogP contribution in [0.3, 0.4) is 0 Å². The van der Waals surface area contributed by atoms with Crippen molar-refractivity contribution in [1.29, 1.82) is 0 Å². The van der Waals surface area contributed by atoms with Gasteiger partial charge in [-0.15, -0.1) is 0 Å². The molecule has 2 rings (SSSR count). The molecule has 4 heteroatoms. The summed E-state index contributed by atoms with van der Waals surface area (Å²) in [5, 5.41) is 2.86. The van der Waals surface area contributed by atoms with E-state index in [1.807, 2.05) is 45.0 Å². The van der Waals surface area contributed by atoms with Crippen molar-refractivity contribution in [1.82, 2.24) is 5.32 Å². The van der Waals surface area contributed by atoms with E-state index in [0.717, 1.165) is 28.2 Å². The van der Waals surface area contributed by atoms with Gasteiger partial charge in [0.25, 0.3) is 5.91 Å². The van der Waals surface area contributed by atoms with Crippen LogP contribution in [-0.2, 0) is 4.79 Å². The summed E-state index contributed by atoms with van der Waals surface area (Å²) >= 11 is 0. The first kappa shape index (κ1) is 19.8. The Morgan fingerprint density at radius 2 is 1.73 bits per heavy atom. The lowest BCUT2D eigenvalue weighted by atomic mass is 10.1. The number of aryl methyl sites for hydroxylation is 4. The predicted molar refractivity (Wildman–Crippen MR) is 105 cm³/mol. The molecule has 4 nitrogen and oxygen atoms in total. The van der Waals surface area contributed by atoms with E-state index >= 15 is 0 Å². The summed E-state index contributed by atoms with van der Waals surface area (Å²) in [5.41, 5.74) is 5.77. The number of carbonyl (C=O) groups excluding carboxylic acids is 1. The molecule has 0 bridgehead atoms. The fourth-order valence-electron chi connectivity index (χ4n) is 2.66. The zero-order valence-electron chi connectivity index (χ0n) is 16.6. The van der Waals surface area contributed by atoms with Crippen molar-refractivity contribution in [2.24, 2.45) is 0 Å². The number of benzene rings is 2. The Bertz CT molecular complexity index is 783. The maximum atomic E-state index is 12.2. The highest BCUT2D eigenvalue weighted by Gasteiger charge is 2.16. The molecule has 2 aromatic carbocycles. The van der Waals surface area contributed by atoms with Crippen molar-refractivity contribution in [2.45, 2.75) is 47.6 Å². The zero-order valence-corrected chi connectivity index (χ0v) is 16.6. The first-order valence-electron chi connectivity index (χ1n) is 9.00. The van der Waals surface area contributed by atoms with E-state index in [-0.39, 0.29) is 5.91 Å². The molecular formula is C22H29NO3. The largest absolute Gasteiger partial charge is 0.492 e. The van der Waals surface area contributed by atoms with Gasteiger partial charge in [-0.25, -0.2) is 0 Å². The lowest BCUT2D eigenvalue weighted by Gasteiger charge is -2.18. The summed E-state index contributed by atoms with van der Waals surface area (Å²) in [6.45, 7) is 12.8. The molecule has 0 saturated heterocycles. The van der Waals surface area contributed by atoms with Crippen LogP contribution in [0.4, 0.5) is 0 Å². The fourth-order valence-corrected chi connectivity index (χ4v) is 2.66. The summed E-state index contributed by atoms with van der Waals surface area (Å²) in [7, 11) is 0. The molecule has 2 aromatic rings. The van der Waals surface area contributed by atoms with Crippen molar-refractivity contribution < 1.29 is 14.3 Å². The molecule has 0 radical (unpaired) electrons. The van der Waals surface area contributed by atoms with Gasteiger partial charge in [0.15, 0.2) is 6.10 Å². The van der Waals surface area contributed by atoms with Crippen molar-refractivity contribution in [2.75, 3.05) is 13.2 Å². The van der Waals surface area contributed by atoms with E-state index in [0.29, 0.717) is 13.2 Å². The normalized spacial score (nSPS) is 11.8. The molecule has 0 aliphatic rings. The zero-order chi connectivity index (χ0) is 19.3. The van der Waals surface area contributed by atoms with Gasteiger partial charge in [0.05, 0.1) is 6.54 Å². The molecular weight excluding hydrogens is 326 g/mol. The van der Waals surface area contributed by atoms with E-state index in [1.54, 1.807) is 6.92 Å². The Morgan fingerprint density at radius 3 is 2.42 bits per heavy atom. The molecule has 0 aliphatic carbocycles. The third kappa shape index (κ3) is 5.25. The monoisotopic (exact) mass is 355 g/mol. The Balaban J connectivity index is 1.81. The topological polar surface area (TPSA) is 47.6 Å². The molecule has 0 aromatic heterocycles. The van der Waals surface area contributed by atoms with Gasteiger partial charge in [-0.3, -0.25) is 4.79 Å². The quantitative estimate of drug-likeness (QED) is 0.758. The second kappa shape index (κ2) is 8.75. The molecule has 1 N–H and O–H groups in total. The molecule has 0 spiro atoms. The third-order valence-electron chi connectivity index (χ3n) is 4.59. The summed E-state index contributed by atoms with van der Waals surface area (Å²) < 4.78 is 11.5. The molecule has 140 valence electrons. The van der Waals surface area contributed by atoms with Gasteiger partial charge in [0, 0.05) is 0 Å². The van der Waals surface area contributed by atoms with Crippen LogP contribution in [0.1, 0.15) is 34.7 Å². The molecule has 1 amide bonds. The van der Waals surface area contributed by atoms with E-state index in [1.165, 1.54) is 11.1 Å². The molecule has 26 heavy (non-hydrogen) atoms. The van der Waals surface area contributed by atoms with Gasteiger partial charge < -0.3 is 14.8 Å². The van der Waals surface area contributed by atoms with Gasteiger partial charge in [-0.2, -0.15) is 0 Å². The second-order valence-electron chi connectivity index (χ2n) is 6.85. The third-order valence-corrected chi connectivity index (χ3v) is 4.59. The van der Waals surface area contributed by atoms with Crippen LogP contribution in [0.15, 0.2) is 30.3 Å². The van der Waals surface area contributed by atoms with Crippen LogP contribution in [0, 0.1) is 34.6 Å². The van der Waals surface area contributed by atoms with Crippen molar-refractivity contribution in [3.05, 3.63) is 58.1 Å². The lowest BCUT2D eigenvalue weighted by Crippen LogP contribution is -2.38. The SMILES string of the molecule is Cc1cc(C)c(C)c(O[C@H](C)C(=O)NCCOc2ccc(C)c(C)c2)c1. The van der Waals surface area contributed by atoms with Crippen LogP contribution in [0.5, 0.6) is 11.5 Å². The predicted octanol–water partition coefficient (Wildman–Crippen LogP) is 4.19. The van der Waals surface area contributed by atoms with Crippen LogP contribution in [0.2, 0.25) is 0 Å². The minimum atomic E-state index is -0.559. The summed E-state index contributed by atoms with van der Waals surface area (Å²) in [6, 6.07) is 10.1. The number of ether oxygens (including phenoxy) is 2. The number of rotatable bonds is 7. The van der Waals surface area contributed by atoms with Crippen LogP contribution in [-0.4, -0.2) is 25.2 Å². The molecule has 1 atom stereocenters. The van der Waals surface area contributed by atoms with E-state index in [9.17, 15) is 4.79 Å². The first-order chi connectivity index (χ1) is 12.3. The first-order valence-corrected chi connectivity index (χ1v) is 9.00. The number of amides is 1. The van der Waals surface area contributed by atoms with Crippen molar-refractivity contribution in [3.63, 3.8) is 0 Å². The van der Waals surface area contributed by atoms with Gasteiger partial charge >= 0.3 is 0 Å².